The van der Waals surface area contributed by atoms with Gasteiger partial charge in [-0.1, -0.05) is 230 Å². The zero-order valence-corrected chi connectivity index (χ0v) is 35.2. The molecule has 0 fully saturated rings. The maximum Gasteiger partial charge on any atom is 0.0258 e. The Labute approximate surface area is 359 Å². The van der Waals surface area contributed by atoms with Crippen LogP contribution in [0.4, 0.5) is 4.70 Å². The molecule has 0 unspecified atom stereocenters. The van der Waals surface area contributed by atoms with Gasteiger partial charge < -0.3 is 5.73 Å². The number of allylic oxidation sites excluding steroid dienone is 2. The van der Waals surface area contributed by atoms with E-state index in [2.05, 4.69) is 222 Å². The van der Waals surface area contributed by atoms with Gasteiger partial charge >= 0.3 is 0 Å². The summed E-state index contributed by atoms with van der Waals surface area (Å²) in [6.45, 7) is 1.36. The highest BCUT2D eigenvalue weighted by Crippen LogP contribution is 2.32. The number of nitrogens with two attached hydrogens (primary N) is 1. The van der Waals surface area contributed by atoms with Gasteiger partial charge in [0.2, 0.25) is 0 Å². The average molecular weight is 814 g/mol. The number of halogens is 1. The van der Waals surface area contributed by atoms with E-state index >= 15 is 0 Å². The van der Waals surface area contributed by atoms with Crippen molar-refractivity contribution in [1.29, 1.82) is 0 Å². The molecule has 0 aliphatic carbocycles. The fraction of sp³-hybridized carbons (Fsp3) is 0.148. The Balaban J connectivity index is 0.000000240. The lowest BCUT2D eigenvalue weighted by atomic mass is 9.96. The van der Waals surface area contributed by atoms with Crippen LogP contribution in [0.1, 0.15) is 62.2 Å². The number of azide groups is 1. The summed E-state index contributed by atoms with van der Waals surface area (Å²) >= 11 is 0. The molecule has 4 nitrogen and oxygen atoms in total. The predicted octanol–water partition coefficient (Wildman–Crippen LogP) is 13.7. The number of unbranched alkanes of at least 4 members (excludes halogenated alkanes) is 4. The zero-order chi connectivity index (χ0) is 41.0. The second kappa shape index (κ2) is 28.1. The van der Waals surface area contributed by atoms with Crippen LogP contribution in [-0.4, -0.2) is 13.1 Å². The summed E-state index contributed by atoms with van der Waals surface area (Å²) in [5.41, 5.74) is 21.4. The highest BCUT2D eigenvalue weighted by molar-refractivity contribution is 7.79. The number of rotatable bonds is 16. The number of benzene rings is 7. The topological polar surface area (TPSA) is 74.8 Å². The highest BCUT2D eigenvalue weighted by atomic mass is 31.1. The fourth-order valence-corrected chi connectivity index (χ4v) is 8.91. The predicted molar refractivity (Wildman–Crippen MR) is 260 cm³/mol. The summed E-state index contributed by atoms with van der Waals surface area (Å²) in [6.07, 6.45) is 10.9. The molecular weight excluding hydrogens is 755 g/mol. The van der Waals surface area contributed by atoms with Crippen molar-refractivity contribution in [3.05, 3.63) is 257 Å². The summed E-state index contributed by atoms with van der Waals surface area (Å²) in [4.78, 5) is 2.77. The minimum atomic E-state index is -0.446. The van der Waals surface area contributed by atoms with E-state index in [9.17, 15) is 0 Å². The van der Waals surface area contributed by atoms with Crippen LogP contribution in [0.25, 0.3) is 21.6 Å². The minimum absolute atomic E-state index is 0. The molecule has 6 heteroatoms. The van der Waals surface area contributed by atoms with Gasteiger partial charge in [-0.05, 0) is 108 Å². The summed E-state index contributed by atoms with van der Waals surface area (Å²) < 4.78 is 0. The van der Waals surface area contributed by atoms with Gasteiger partial charge in [0, 0.05) is 12.9 Å². The van der Waals surface area contributed by atoms with Gasteiger partial charge in [-0.3, -0.25) is 4.70 Å². The average Bonchev–Trinajstić information content (AvgIpc) is 3.32. The molecule has 0 aliphatic heterocycles. The van der Waals surface area contributed by atoms with Crippen molar-refractivity contribution in [2.45, 2.75) is 38.5 Å². The van der Waals surface area contributed by atoms with Crippen molar-refractivity contribution >= 4 is 35.0 Å². The third-order valence-corrected chi connectivity index (χ3v) is 12.0. The molecule has 0 amide bonds. The van der Waals surface area contributed by atoms with Crippen LogP contribution in [-0.2, 0) is 0 Å². The van der Waals surface area contributed by atoms with Crippen LogP contribution in [0.2, 0.25) is 0 Å². The molecule has 0 saturated carbocycles. The van der Waals surface area contributed by atoms with Crippen LogP contribution in [0.5, 0.6) is 0 Å². The molecule has 0 heterocycles. The van der Waals surface area contributed by atoms with Gasteiger partial charge in [-0.25, -0.2) is 0 Å². The third kappa shape index (κ3) is 15.8. The van der Waals surface area contributed by atoms with E-state index in [1.807, 2.05) is 12.1 Å². The first-order valence-electron chi connectivity index (χ1n) is 20.6. The second-order valence-electron chi connectivity index (χ2n) is 13.8. The Bertz CT molecular complexity index is 2100. The van der Waals surface area contributed by atoms with Crippen molar-refractivity contribution in [3.63, 3.8) is 0 Å². The van der Waals surface area contributed by atoms with Gasteiger partial charge in [-0.2, -0.15) is 0 Å². The molecule has 0 aromatic heterocycles. The lowest BCUT2D eigenvalue weighted by Crippen LogP contribution is -2.20. The molecule has 0 bridgehead atoms. The van der Waals surface area contributed by atoms with E-state index in [1.54, 1.807) is 0 Å². The Morgan fingerprint density at radius 2 is 0.733 bits per heavy atom. The van der Waals surface area contributed by atoms with Gasteiger partial charge in [0.25, 0.3) is 0 Å². The molecule has 7 aromatic carbocycles. The molecule has 7 rings (SSSR count). The summed E-state index contributed by atoms with van der Waals surface area (Å²) in [7, 11) is -0.446. The maximum atomic E-state index is 8.25. The van der Waals surface area contributed by atoms with Crippen LogP contribution in [0, 0.1) is 0 Å². The first kappa shape index (κ1) is 46.3. The molecule has 7 aromatic rings. The quantitative estimate of drug-likeness (QED) is 0.0341. The largest absolute Gasteiger partial charge is 0.330 e. The molecule has 0 aliphatic rings. The lowest BCUT2D eigenvalue weighted by molar-refractivity contribution is 0.756. The van der Waals surface area contributed by atoms with Crippen LogP contribution in [0.15, 0.2) is 230 Å². The smallest absolute Gasteiger partial charge is 0.0258 e. The standard InChI is InChI=1S/C18H19N3.C18H21N.C18H15P.FH.H2/c19-21-20-15-9-3-8-14-18(16-10-4-1-5-11-16)17-12-6-2-7-13-17;19-15-9-3-8-14-18(16-10-4-1-5-11-16)17-12-6-2-7-13-17;1-4-10-16(11-5-1)19(17-12-6-2-7-13-17)18-14-8-3-9-15-18;;/h1-2,4-7,10-14H,3,8-9,15H2;1-2,4-7,10-14H,3,8-9,15,19H2;1-15H;2*1H/i;;;;1+1. The van der Waals surface area contributed by atoms with Crippen molar-refractivity contribution < 1.29 is 6.13 Å². The van der Waals surface area contributed by atoms with E-state index < -0.39 is 7.92 Å². The van der Waals surface area contributed by atoms with E-state index in [1.165, 1.54) is 49.3 Å². The van der Waals surface area contributed by atoms with Gasteiger partial charge in [-0.15, -0.1) is 0 Å². The van der Waals surface area contributed by atoms with Gasteiger partial charge in [0.15, 0.2) is 0 Å². The lowest BCUT2D eigenvalue weighted by Gasteiger charge is -2.18. The molecule has 2 N–H and O–H groups in total. The SMILES string of the molecule is F.NCCCCC=C(c1ccccc1)c1ccccc1.[2HH].[N-]=[N+]=NCCCCC=C(c1ccccc1)c1ccccc1.c1ccc(P(c2ccccc2)c2ccccc2)cc1. The monoisotopic (exact) mass is 813 g/mol. The molecule has 306 valence electrons. The Hall–Kier alpha value is -6.35. The first-order chi connectivity index (χ1) is 29.3. The molecule has 0 atom stereocenters. The normalized spacial score (nSPS) is 9.97. The van der Waals surface area contributed by atoms with Crippen LogP contribution in [0.3, 0.4) is 0 Å². The van der Waals surface area contributed by atoms with E-state index in [0.29, 0.717) is 6.54 Å². The molecular formula is C54H58FN4P. The molecule has 0 radical (unpaired) electrons. The zero-order valence-electron chi connectivity index (χ0n) is 34.3. The van der Waals surface area contributed by atoms with Gasteiger partial charge in [0.05, 0.1) is 0 Å². The second-order valence-corrected chi connectivity index (χ2v) is 16.0. The van der Waals surface area contributed by atoms with Crippen LogP contribution < -0.4 is 21.6 Å². The van der Waals surface area contributed by atoms with E-state index in [4.69, 9.17) is 11.3 Å². The Morgan fingerprint density at radius 3 is 1.02 bits per heavy atom. The Kier molecular flexibility index (Phi) is 21.7. The first-order valence-corrected chi connectivity index (χ1v) is 21.9. The minimum Gasteiger partial charge on any atom is -0.330 e. The van der Waals surface area contributed by atoms with Crippen molar-refractivity contribution in [1.82, 2.24) is 0 Å². The summed E-state index contributed by atoms with van der Waals surface area (Å²) in [5, 5.41) is 7.76. The molecule has 0 saturated heterocycles. The number of nitrogens with zero attached hydrogens (tertiary/aromatic N) is 3. The fourth-order valence-electron chi connectivity index (χ4n) is 6.61. The number of hydrogen-bond acceptors (Lipinski definition) is 2. The van der Waals surface area contributed by atoms with Gasteiger partial charge in [0.1, 0.15) is 0 Å². The highest BCUT2D eigenvalue weighted by Gasteiger charge is 2.15. The maximum absolute atomic E-state index is 8.25. The van der Waals surface area contributed by atoms with Crippen molar-refractivity contribution in [2.75, 3.05) is 13.1 Å². The van der Waals surface area contributed by atoms with E-state index in [0.717, 1.165) is 45.1 Å². The molecule has 0 spiro atoms. The summed E-state index contributed by atoms with van der Waals surface area (Å²) in [5.74, 6) is 0. The number of hydrogen-bond donors (Lipinski definition) is 1. The third-order valence-electron chi connectivity index (χ3n) is 9.51. The van der Waals surface area contributed by atoms with E-state index in [-0.39, 0.29) is 6.13 Å². The van der Waals surface area contributed by atoms with Crippen molar-refractivity contribution in [3.8, 4) is 0 Å². The molecule has 60 heavy (non-hydrogen) atoms. The van der Waals surface area contributed by atoms with Crippen molar-refractivity contribution in [2.24, 2.45) is 10.8 Å². The van der Waals surface area contributed by atoms with Crippen LogP contribution >= 0.6 is 7.92 Å². The summed E-state index contributed by atoms with van der Waals surface area (Å²) in [6, 6.07) is 74.3. The Morgan fingerprint density at radius 1 is 0.450 bits per heavy atom.